The van der Waals surface area contributed by atoms with Gasteiger partial charge in [-0.15, -0.1) is 0 Å². The number of carbonyl (C=O) groups is 2. The minimum atomic E-state index is -0.920. The van der Waals surface area contributed by atoms with Crippen molar-refractivity contribution in [1.82, 2.24) is 9.88 Å². The maximum atomic E-state index is 12.4. The molecule has 0 radical (unpaired) electrons. The van der Waals surface area contributed by atoms with Gasteiger partial charge in [-0.2, -0.15) is 0 Å². The Kier molecular flexibility index (Phi) is 4.37. The molecule has 0 aromatic carbocycles. The molecular formula is C15H20N2O3. The van der Waals surface area contributed by atoms with Crippen molar-refractivity contribution >= 4 is 11.9 Å². The van der Waals surface area contributed by atoms with Crippen LogP contribution in [0.3, 0.4) is 0 Å². The van der Waals surface area contributed by atoms with Crippen LogP contribution in [0.2, 0.25) is 0 Å². The molecule has 1 aromatic heterocycles. The largest absolute Gasteiger partial charge is 0.480 e. The molecule has 1 saturated heterocycles. The molecule has 20 heavy (non-hydrogen) atoms. The predicted molar refractivity (Wildman–Crippen MR) is 74.4 cm³/mol. The van der Waals surface area contributed by atoms with Gasteiger partial charge < -0.3 is 10.0 Å². The SMILES string of the molecule is CCC1CCN(C(=O)c2ccc(C)nc2)C(C(=O)O)C1. The molecule has 1 aliphatic rings. The lowest BCUT2D eigenvalue weighted by molar-refractivity contribution is -0.144. The molecule has 5 nitrogen and oxygen atoms in total. The fourth-order valence-electron chi connectivity index (χ4n) is 2.65. The van der Waals surface area contributed by atoms with Crippen LogP contribution >= 0.6 is 0 Å². The zero-order valence-electron chi connectivity index (χ0n) is 11.9. The number of rotatable bonds is 3. The lowest BCUT2D eigenvalue weighted by Gasteiger charge is -2.36. The molecule has 5 heteroatoms. The highest BCUT2D eigenvalue weighted by atomic mass is 16.4. The number of carboxylic acid groups (broad SMARTS) is 1. The highest BCUT2D eigenvalue weighted by Crippen LogP contribution is 2.26. The second-order valence-electron chi connectivity index (χ2n) is 5.34. The van der Waals surface area contributed by atoms with Gasteiger partial charge in [-0.3, -0.25) is 9.78 Å². The van der Waals surface area contributed by atoms with E-state index >= 15 is 0 Å². The second-order valence-corrected chi connectivity index (χ2v) is 5.34. The van der Waals surface area contributed by atoms with E-state index in [1.807, 2.05) is 6.92 Å². The number of aliphatic carboxylic acids is 1. The Labute approximate surface area is 118 Å². The average Bonchev–Trinajstić information content (AvgIpc) is 2.46. The number of nitrogens with zero attached hydrogens (tertiary/aromatic N) is 2. The van der Waals surface area contributed by atoms with Crippen LogP contribution in [-0.2, 0) is 4.79 Å². The molecule has 0 saturated carbocycles. The van der Waals surface area contributed by atoms with E-state index in [-0.39, 0.29) is 5.91 Å². The van der Waals surface area contributed by atoms with Gasteiger partial charge in [-0.1, -0.05) is 13.3 Å². The van der Waals surface area contributed by atoms with Crippen molar-refractivity contribution in [2.24, 2.45) is 5.92 Å². The molecule has 1 N–H and O–H groups in total. The van der Waals surface area contributed by atoms with E-state index in [9.17, 15) is 14.7 Å². The van der Waals surface area contributed by atoms with Gasteiger partial charge in [0, 0.05) is 18.4 Å². The molecule has 2 rings (SSSR count). The normalized spacial score (nSPS) is 22.6. The van der Waals surface area contributed by atoms with Crippen molar-refractivity contribution < 1.29 is 14.7 Å². The van der Waals surface area contributed by atoms with E-state index in [1.54, 1.807) is 12.1 Å². The van der Waals surface area contributed by atoms with Gasteiger partial charge in [0.05, 0.1) is 5.56 Å². The van der Waals surface area contributed by atoms with Crippen LogP contribution in [0, 0.1) is 12.8 Å². The van der Waals surface area contributed by atoms with Crippen molar-refractivity contribution in [3.63, 3.8) is 0 Å². The molecular weight excluding hydrogens is 256 g/mol. The number of pyridine rings is 1. The quantitative estimate of drug-likeness (QED) is 0.917. The van der Waals surface area contributed by atoms with E-state index < -0.39 is 12.0 Å². The number of likely N-dealkylation sites (tertiary alicyclic amines) is 1. The third kappa shape index (κ3) is 2.98. The number of hydrogen-bond donors (Lipinski definition) is 1. The van der Waals surface area contributed by atoms with Crippen LogP contribution < -0.4 is 0 Å². The Hall–Kier alpha value is -1.91. The van der Waals surface area contributed by atoms with Crippen molar-refractivity contribution in [3.05, 3.63) is 29.6 Å². The summed E-state index contributed by atoms with van der Waals surface area (Å²) in [5, 5.41) is 9.35. The summed E-state index contributed by atoms with van der Waals surface area (Å²) in [5.41, 5.74) is 1.29. The lowest BCUT2D eigenvalue weighted by Crippen LogP contribution is -2.50. The maximum Gasteiger partial charge on any atom is 0.326 e. The summed E-state index contributed by atoms with van der Waals surface area (Å²) in [6.07, 6.45) is 3.88. The molecule has 0 aliphatic carbocycles. The highest BCUT2D eigenvalue weighted by Gasteiger charge is 2.35. The number of amides is 1. The summed E-state index contributed by atoms with van der Waals surface area (Å²) in [4.78, 5) is 29.4. The number of hydrogen-bond acceptors (Lipinski definition) is 3. The topological polar surface area (TPSA) is 70.5 Å². The second kappa shape index (κ2) is 6.03. The summed E-state index contributed by atoms with van der Waals surface area (Å²) in [6.45, 7) is 4.41. The molecule has 1 aliphatic heterocycles. The van der Waals surface area contributed by atoms with Gasteiger partial charge in [-0.25, -0.2) is 4.79 Å². The standard InChI is InChI=1S/C15H20N2O3/c1-3-11-6-7-17(13(8-11)15(19)20)14(18)12-5-4-10(2)16-9-12/h4-5,9,11,13H,3,6-8H2,1-2H3,(H,19,20). The smallest absolute Gasteiger partial charge is 0.326 e. The molecule has 108 valence electrons. The number of carbonyl (C=O) groups excluding carboxylic acids is 1. The first-order valence-corrected chi connectivity index (χ1v) is 6.99. The molecule has 1 fully saturated rings. The third-order valence-electron chi connectivity index (χ3n) is 3.99. The van der Waals surface area contributed by atoms with Gasteiger partial charge in [0.1, 0.15) is 6.04 Å². The zero-order valence-corrected chi connectivity index (χ0v) is 11.9. The van der Waals surface area contributed by atoms with Gasteiger partial charge in [0.25, 0.3) is 5.91 Å². The predicted octanol–water partition coefficient (Wildman–Crippen LogP) is 2.11. The van der Waals surface area contributed by atoms with Crippen LogP contribution in [0.15, 0.2) is 18.3 Å². The lowest BCUT2D eigenvalue weighted by atomic mass is 9.88. The molecule has 1 aromatic rings. The molecule has 2 atom stereocenters. The van der Waals surface area contributed by atoms with Crippen LogP contribution in [-0.4, -0.2) is 39.5 Å². The zero-order chi connectivity index (χ0) is 14.7. The molecule has 1 amide bonds. The number of aryl methyl sites for hydroxylation is 1. The summed E-state index contributed by atoms with van der Waals surface area (Å²) < 4.78 is 0. The number of carboxylic acids is 1. The van der Waals surface area contributed by atoms with Crippen LogP contribution in [0.25, 0.3) is 0 Å². The molecule has 0 spiro atoms. The van der Waals surface area contributed by atoms with Crippen molar-refractivity contribution in [2.45, 2.75) is 39.2 Å². The van der Waals surface area contributed by atoms with Gasteiger partial charge in [0.2, 0.25) is 0 Å². The Morgan fingerprint density at radius 2 is 2.20 bits per heavy atom. The Morgan fingerprint density at radius 1 is 1.45 bits per heavy atom. The van der Waals surface area contributed by atoms with Gasteiger partial charge in [-0.05, 0) is 37.8 Å². The summed E-state index contributed by atoms with van der Waals surface area (Å²) in [5.74, 6) is -0.771. The van der Waals surface area contributed by atoms with Crippen LogP contribution in [0.1, 0.15) is 42.2 Å². The Balaban J connectivity index is 2.19. The first-order chi connectivity index (χ1) is 9.52. The van der Waals surface area contributed by atoms with Crippen LogP contribution in [0.5, 0.6) is 0 Å². The Bertz CT molecular complexity index is 498. The van der Waals surface area contributed by atoms with E-state index in [0.717, 1.165) is 18.5 Å². The first kappa shape index (κ1) is 14.5. The fraction of sp³-hybridized carbons (Fsp3) is 0.533. The highest BCUT2D eigenvalue weighted by molar-refractivity contribution is 5.96. The number of piperidine rings is 1. The minimum Gasteiger partial charge on any atom is -0.480 e. The van der Waals surface area contributed by atoms with Crippen molar-refractivity contribution in [3.8, 4) is 0 Å². The average molecular weight is 276 g/mol. The van der Waals surface area contributed by atoms with E-state index in [1.165, 1.54) is 11.1 Å². The fourth-order valence-corrected chi connectivity index (χ4v) is 2.65. The van der Waals surface area contributed by atoms with Gasteiger partial charge in [0.15, 0.2) is 0 Å². The number of aromatic nitrogens is 1. The molecule has 2 heterocycles. The maximum absolute atomic E-state index is 12.4. The molecule has 0 bridgehead atoms. The Morgan fingerprint density at radius 3 is 2.75 bits per heavy atom. The van der Waals surface area contributed by atoms with E-state index in [2.05, 4.69) is 11.9 Å². The first-order valence-electron chi connectivity index (χ1n) is 6.99. The van der Waals surface area contributed by atoms with Crippen molar-refractivity contribution in [2.75, 3.05) is 6.54 Å². The molecule has 2 unspecified atom stereocenters. The van der Waals surface area contributed by atoms with Crippen LogP contribution in [0.4, 0.5) is 0 Å². The monoisotopic (exact) mass is 276 g/mol. The third-order valence-corrected chi connectivity index (χ3v) is 3.99. The summed E-state index contributed by atoms with van der Waals surface area (Å²) in [6, 6.07) is 2.75. The van der Waals surface area contributed by atoms with Crippen molar-refractivity contribution in [1.29, 1.82) is 0 Å². The minimum absolute atomic E-state index is 0.237. The van der Waals surface area contributed by atoms with E-state index in [4.69, 9.17) is 0 Å². The van der Waals surface area contributed by atoms with E-state index in [0.29, 0.717) is 24.4 Å². The summed E-state index contributed by atoms with van der Waals surface area (Å²) in [7, 11) is 0. The van der Waals surface area contributed by atoms with Gasteiger partial charge >= 0.3 is 5.97 Å². The summed E-state index contributed by atoms with van der Waals surface area (Å²) >= 11 is 0.